The fourth-order valence-corrected chi connectivity index (χ4v) is 3.73. The van der Waals surface area contributed by atoms with Crippen LogP contribution >= 0.6 is 22.9 Å². The quantitative estimate of drug-likeness (QED) is 0.532. The molecule has 0 aliphatic carbocycles. The lowest BCUT2D eigenvalue weighted by molar-refractivity contribution is -0.123. The van der Waals surface area contributed by atoms with Gasteiger partial charge in [0.2, 0.25) is 11.0 Å². The molecule has 1 amide bonds. The number of rotatable bonds is 4. The van der Waals surface area contributed by atoms with E-state index < -0.39 is 5.38 Å². The number of hydrogen-bond donors (Lipinski definition) is 0. The second kappa shape index (κ2) is 5.71. The summed E-state index contributed by atoms with van der Waals surface area (Å²) < 4.78 is 1.65. The molecule has 1 fully saturated rings. The van der Waals surface area contributed by atoms with Gasteiger partial charge in [-0.25, -0.2) is 9.67 Å². The molecule has 3 aromatic rings. The van der Waals surface area contributed by atoms with Crippen molar-refractivity contribution in [2.24, 2.45) is 0 Å². The van der Waals surface area contributed by atoms with Crippen LogP contribution in [0.25, 0.3) is 0 Å². The highest BCUT2D eigenvalue weighted by Gasteiger charge is 2.49. The van der Waals surface area contributed by atoms with Crippen LogP contribution in [0.15, 0.2) is 43.0 Å². The molecule has 0 bridgehead atoms. The number of alkyl halides is 1. The van der Waals surface area contributed by atoms with Crippen molar-refractivity contribution in [1.29, 1.82) is 0 Å². The van der Waals surface area contributed by atoms with Crippen LogP contribution in [0.2, 0.25) is 0 Å². The molecule has 2 aromatic heterocycles. The summed E-state index contributed by atoms with van der Waals surface area (Å²) in [6.07, 6.45) is 3.07. The molecule has 0 saturated carbocycles. The van der Waals surface area contributed by atoms with Crippen molar-refractivity contribution in [3.8, 4) is 0 Å². The van der Waals surface area contributed by atoms with Gasteiger partial charge in [0.1, 0.15) is 23.0 Å². The first-order valence-electron chi connectivity index (χ1n) is 6.91. The van der Waals surface area contributed by atoms with Gasteiger partial charge < -0.3 is 0 Å². The van der Waals surface area contributed by atoms with Crippen LogP contribution in [0.5, 0.6) is 0 Å². The second-order valence-corrected chi connectivity index (χ2v) is 6.55. The number of anilines is 1. The molecule has 3 heterocycles. The first-order chi connectivity index (χ1) is 11.2. The van der Waals surface area contributed by atoms with Crippen molar-refractivity contribution in [2.75, 3.05) is 4.90 Å². The minimum atomic E-state index is -0.569. The van der Waals surface area contributed by atoms with Gasteiger partial charge in [0.15, 0.2) is 0 Å². The normalized spacial score (nSPS) is 20.6. The average Bonchev–Trinajstić information content (AvgIpc) is 3.25. The standard InChI is InChI=1S/C14H11ClN6OS/c15-11-12(9-4-2-1-3-5-9)21(13(11)22)14-19-18-10(23-14)6-20-8-16-7-17-20/h1-5,7-8,11-12H,6H2. The van der Waals surface area contributed by atoms with E-state index in [-0.39, 0.29) is 11.9 Å². The number of hydrogen-bond acceptors (Lipinski definition) is 6. The van der Waals surface area contributed by atoms with Gasteiger partial charge in [-0.05, 0) is 5.56 Å². The van der Waals surface area contributed by atoms with E-state index in [2.05, 4.69) is 20.3 Å². The molecule has 1 aliphatic heterocycles. The number of nitrogens with zero attached hydrogens (tertiary/aromatic N) is 6. The van der Waals surface area contributed by atoms with Crippen LogP contribution in [0.4, 0.5) is 5.13 Å². The maximum atomic E-state index is 12.2. The smallest absolute Gasteiger partial charge is 0.250 e. The average molecular weight is 347 g/mol. The summed E-state index contributed by atoms with van der Waals surface area (Å²) in [5.74, 6) is -0.149. The number of carbonyl (C=O) groups excluding carboxylic acids is 1. The summed E-state index contributed by atoms with van der Waals surface area (Å²) in [5.41, 5.74) is 0.986. The number of β-lactam (4-membered cyclic amide) rings is 1. The van der Waals surface area contributed by atoms with Crippen molar-refractivity contribution in [3.63, 3.8) is 0 Å². The molecule has 0 spiro atoms. The van der Waals surface area contributed by atoms with E-state index in [0.717, 1.165) is 10.6 Å². The monoisotopic (exact) mass is 346 g/mol. The van der Waals surface area contributed by atoms with E-state index in [1.54, 1.807) is 15.9 Å². The van der Waals surface area contributed by atoms with Crippen LogP contribution in [0, 0.1) is 0 Å². The van der Waals surface area contributed by atoms with Gasteiger partial charge in [-0.15, -0.1) is 21.8 Å². The van der Waals surface area contributed by atoms with Gasteiger partial charge in [0.25, 0.3) is 0 Å². The van der Waals surface area contributed by atoms with Gasteiger partial charge in [-0.3, -0.25) is 9.69 Å². The van der Waals surface area contributed by atoms with Crippen LogP contribution in [-0.2, 0) is 11.3 Å². The summed E-state index contributed by atoms with van der Waals surface area (Å²) in [7, 11) is 0. The fourth-order valence-electron chi connectivity index (χ4n) is 2.49. The van der Waals surface area contributed by atoms with Gasteiger partial charge in [-0.1, -0.05) is 41.7 Å². The van der Waals surface area contributed by atoms with E-state index in [4.69, 9.17) is 11.6 Å². The molecule has 9 heteroatoms. The third-order valence-corrected chi connectivity index (χ3v) is 4.93. The van der Waals surface area contributed by atoms with Crippen molar-refractivity contribution in [1.82, 2.24) is 25.0 Å². The first-order valence-corrected chi connectivity index (χ1v) is 8.16. The Hall–Kier alpha value is -2.32. The zero-order chi connectivity index (χ0) is 15.8. The Kier molecular flexibility index (Phi) is 3.55. The fraction of sp³-hybridized carbons (Fsp3) is 0.214. The minimum Gasteiger partial charge on any atom is -0.276 e. The third-order valence-electron chi connectivity index (χ3n) is 3.60. The summed E-state index contributed by atoms with van der Waals surface area (Å²) in [6, 6.07) is 9.48. The Morgan fingerprint density at radius 2 is 2.04 bits per heavy atom. The predicted octanol–water partition coefficient (Wildman–Crippen LogP) is 1.87. The van der Waals surface area contributed by atoms with E-state index in [1.165, 1.54) is 17.7 Å². The highest BCUT2D eigenvalue weighted by Crippen LogP contribution is 2.42. The molecular formula is C14H11ClN6OS. The number of benzene rings is 1. The molecule has 0 N–H and O–H groups in total. The SMILES string of the molecule is O=C1C(Cl)C(c2ccccc2)N1c1nnc(Cn2cncn2)s1. The Labute approximate surface area is 140 Å². The van der Waals surface area contributed by atoms with Crippen LogP contribution < -0.4 is 4.90 Å². The first kappa shape index (κ1) is 14.3. The number of aromatic nitrogens is 5. The van der Waals surface area contributed by atoms with Crippen LogP contribution in [-0.4, -0.2) is 36.2 Å². The molecule has 1 aliphatic rings. The maximum Gasteiger partial charge on any atom is 0.250 e. The van der Waals surface area contributed by atoms with Gasteiger partial charge in [0, 0.05) is 0 Å². The molecule has 1 aromatic carbocycles. The van der Waals surface area contributed by atoms with E-state index in [1.807, 2.05) is 30.3 Å². The van der Waals surface area contributed by atoms with E-state index in [9.17, 15) is 4.79 Å². The van der Waals surface area contributed by atoms with Gasteiger partial charge >= 0.3 is 0 Å². The van der Waals surface area contributed by atoms with E-state index >= 15 is 0 Å². The Morgan fingerprint density at radius 1 is 1.22 bits per heavy atom. The maximum absolute atomic E-state index is 12.2. The van der Waals surface area contributed by atoms with Crippen molar-refractivity contribution in [3.05, 3.63) is 53.6 Å². The molecule has 23 heavy (non-hydrogen) atoms. The van der Waals surface area contributed by atoms with Crippen LogP contribution in [0.3, 0.4) is 0 Å². The van der Waals surface area contributed by atoms with Crippen molar-refractivity contribution >= 4 is 34.0 Å². The lowest BCUT2D eigenvalue weighted by atomic mass is 9.94. The zero-order valence-electron chi connectivity index (χ0n) is 11.8. The highest BCUT2D eigenvalue weighted by atomic mass is 35.5. The van der Waals surface area contributed by atoms with Crippen molar-refractivity contribution in [2.45, 2.75) is 18.0 Å². The van der Waals surface area contributed by atoms with Gasteiger partial charge in [-0.2, -0.15) is 5.10 Å². The summed E-state index contributed by atoms with van der Waals surface area (Å²) >= 11 is 7.56. The highest BCUT2D eigenvalue weighted by molar-refractivity contribution is 7.15. The minimum absolute atomic E-state index is 0.149. The number of amides is 1. The Morgan fingerprint density at radius 3 is 2.78 bits per heavy atom. The van der Waals surface area contributed by atoms with Crippen molar-refractivity contribution < 1.29 is 4.79 Å². The Bertz CT molecular complexity index is 821. The molecule has 116 valence electrons. The van der Waals surface area contributed by atoms with Crippen LogP contribution in [0.1, 0.15) is 16.6 Å². The Balaban J connectivity index is 1.59. The summed E-state index contributed by atoms with van der Waals surface area (Å²) in [5, 5.41) is 13.0. The van der Waals surface area contributed by atoms with E-state index in [0.29, 0.717) is 11.7 Å². The topological polar surface area (TPSA) is 76.8 Å². The summed E-state index contributed by atoms with van der Waals surface area (Å²) in [4.78, 5) is 17.7. The molecule has 0 radical (unpaired) electrons. The second-order valence-electron chi connectivity index (χ2n) is 5.04. The molecule has 2 unspecified atom stereocenters. The largest absolute Gasteiger partial charge is 0.276 e. The molecule has 1 saturated heterocycles. The molecular weight excluding hydrogens is 336 g/mol. The molecule has 4 rings (SSSR count). The lowest BCUT2D eigenvalue weighted by Crippen LogP contribution is -2.56. The number of carbonyl (C=O) groups is 1. The zero-order valence-corrected chi connectivity index (χ0v) is 13.4. The van der Waals surface area contributed by atoms with Gasteiger partial charge in [0.05, 0.1) is 12.6 Å². The third kappa shape index (κ3) is 2.49. The molecule has 7 nitrogen and oxygen atoms in total. The summed E-state index contributed by atoms with van der Waals surface area (Å²) in [6.45, 7) is 0.472. The lowest BCUT2D eigenvalue weighted by Gasteiger charge is -2.42. The number of halogens is 1. The predicted molar refractivity (Wildman–Crippen MR) is 85.3 cm³/mol. The molecule has 2 atom stereocenters.